The molecule has 0 aliphatic carbocycles. The number of hydrogen-bond donors (Lipinski definition) is 2. The van der Waals surface area contributed by atoms with E-state index in [1.54, 1.807) is 0 Å². The van der Waals surface area contributed by atoms with Crippen molar-refractivity contribution < 1.29 is 23.1 Å². The van der Waals surface area contributed by atoms with Gasteiger partial charge in [0.15, 0.2) is 0 Å². The number of alkyl halides is 3. The molecule has 2 aromatic rings. The lowest BCUT2D eigenvalue weighted by molar-refractivity contribution is -0.192. The van der Waals surface area contributed by atoms with E-state index in [0.29, 0.717) is 5.95 Å². The maximum atomic E-state index is 10.6. The molecule has 2 N–H and O–H groups in total. The molecule has 1 saturated heterocycles. The Hall–Kier alpha value is -2.40. The molecule has 0 radical (unpaired) electrons. The van der Waals surface area contributed by atoms with Crippen LogP contribution in [0.3, 0.4) is 0 Å². The zero-order valence-electron chi connectivity index (χ0n) is 20.3. The van der Waals surface area contributed by atoms with Gasteiger partial charge < -0.3 is 20.2 Å². The summed E-state index contributed by atoms with van der Waals surface area (Å²) in [5, 5.41) is 10.5. The maximum absolute atomic E-state index is 10.6. The molecule has 1 fully saturated rings. The summed E-state index contributed by atoms with van der Waals surface area (Å²) in [5.74, 6) is -1.10. The summed E-state index contributed by atoms with van der Waals surface area (Å²) in [6, 6.07) is 8.28. The van der Waals surface area contributed by atoms with E-state index in [4.69, 9.17) is 14.9 Å². The molecule has 0 unspecified atom stereocenters. The minimum absolute atomic E-state index is 0.658. The van der Waals surface area contributed by atoms with Gasteiger partial charge in [0.1, 0.15) is 5.82 Å². The van der Waals surface area contributed by atoms with E-state index in [0.717, 1.165) is 34.8 Å². The molecule has 1 aromatic carbocycles. The number of nitrogens with zero attached hydrogens (tertiary/aromatic N) is 4. The lowest BCUT2D eigenvalue weighted by Gasteiger charge is -2.28. The molecule has 0 saturated carbocycles. The Balaban J connectivity index is 0.000000540. The van der Waals surface area contributed by atoms with Crippen molar-refractivity contribution in [1.29, 1.82) is 0 Å². The average Bonchev–Trinajstić information content (AvgIpc) is 2.79. The first-order chi connectivity index (χ1) is 16.5. The van der Waals surface area contributed by atoms with Gasteiger partial charge in [-0.25, -0.2) is 9.78 Å². The number of carbonyl (C=O) groups is 1. The average molecular weight is 560 g/mol. The predicted octanol–water partition coefficient (Wildman–Crippen LogP) is 5.94. The van der Waals surface area contributed by atoms with Gasteiger partial charge in [-0.1, -0.05) is 28.4 Å². The standard InChI is InChI=1S/C22H32BrN5.C2HF3O2/c1-4-28(14-8-13-27-11-6-5-7-12-27)21-15-18(3)24-22(26-21)25-20-16-19(23)10-9-17(20)2;3-2(4,5)1(6)7/h9-10,15-16H,4-8,11-14H2,1-3H3,(H,24,25,26);(H,6,7). The molecule has 1 aromatic heterocycles. The van der Waals surface area contributed by atoms with E-state index in [1.165, 1.54) is 50.9 Å². The van der Waals surface area contributed by atoms with Gasteiger partial charge in [0.2, 0.25) is 5.95 Å². The number of carboxylic acids is 1. The van der Waals surface area contributed by atoms with Crippen molar-refractivity contribution in [3.05, 3.63) is 40.0 Å². The van der Waals surface area contributed by atoms with Crippen LogP contribution in [0.4, 0.5) is 30.6 Å². The van der Waals surface area contributed by atoms with Gasteiger partial charge in [0, 0.05) is 35.0 Å². The third kappa shape index (κ3) is 10.0. The third-order valence-electron chi connectivity index (χ3n) is 5.59. The zero-order valence-corrected chi connectivity index (χ0v) is 21.9. The van der Waals surface area contributed by atoms with Crippen molar-refractivity contribution in [3.63, 3.8) is 0 Å². The Kier molecular flexibility index (Phi) is 11.2. The van der Waals surface area contributed by atoms with Crippen molar-refractivity contribution in [2.75, 3.05) is 42.9 Å². The summed E-state index contributed by atoms with van der Waals surface area (Å²) < 4.78 is 32.8. The summed E-state index contributed by atoms with van der Waals surface area (Å²) in [6.07, 6.45) is 0.189. The second-order valence-corrected chi connectivity index (χ2v) is 9.33. The molecule has 1 aliphatic heterocycles. The number of rotatable bonds is 8. The van der Waals surface area contributed by atoms with E-state index in [2.05, 4.69) is 68.1 Å². The van der Waals surface area contributed by atoms with Crippen LogP contribution in [0.25, 0.3) is 0 Å². The Labute approximate surface area is 212 Å². The number of anilines is 3. The Morgan fingerprint density at radius 3 is 2.43 bits per heavy atom. The number of hydrogen-bond acceptors (Lipinski definition) is 6. The molecule has 1 aliphatic rings. The van der Waals surface area contributed by atoms with E-state index >= 15 is 0 Å². The first kappa shape index (κ1) is 28.8. The summed E-state index contributed by atoms with van der Waals surface area (Å²) in [6.45, 7) is 12.0. The number of carboxylic acid groups (broad SMARTS) is 1. The largest absolute Gasteiger partial charge is 0.490 e. The molecule has 0 bridgehead atoms. The van der Waals surface area contributed by atoms with Crippen LogP contribution in [0.15, 0.2) is 28.7 Å². The van der Waals surface area contributed by atoms with Crippen molar-refractivity contribution in [3.8, 4) is 0 Å². The zero-order chi connectivity index (χ0) is 26.0. The number of aliphatic carboxylic acids is 1. The van der Waals surface area contributed by atoms with Gasteiger partial charge in [0.05, 0.1) is 0 Å². The highest BCUT2D eigenvalue weighted by molar-refractivity contribution is 9.10. The highest BCUT2D eigenvalue weighted by Crippen LogP contribution is 2.24. The molecule has 0 spiro atoms. The van der Waals surface area contributed by atoms with Crippen LogP contribution in [0.1, 0.15) is 43.9 Å². The van der Waals surface area contributed by atoms with E-state index < -0.39 is 12.1 Å². The van der Waals surface area contributed by atoms with Gasteiger partial charge in [0.25, 0.3) is 0 Å². The number of piperidine rings is 1. The molecule has 2 heterocycles. The topological polar surface area (TPSA) is 81.6 Å². The van der Waals surface area contributed by atoms with Crippen molar-refractivity contribution in [2.24, 2.45) is 0 Å². The molecule has 11 heteroatoms. The molecule has 0 amide bonds. The number of aryl methyl sites for hydroxylation is 2. The fourth-order valence-electron chi connectivity index (χ4n) is 3.72. The highest BCUT2D eigenvalue weighted by atomic mass is 79.9. The summed E-state index contributed by atoms with van der Waals surface area (Å²) >= 11 is 3.54. The maximum Gasteiger partial charge on any atom is 0.490 e. The van der Waals surface area contributed by atoms with Gasteiger partial charge in [-0.05, 0) is 77.4 Å². The van der Waals surface area contributed by atoms with Crippen LogP contribution in [-0.4, -0.2) is 64.8 Å². The quantitative estimate of drug-likeness (QED) is 0.414. The number of likely N-dealkylation sites (tertiary alicyclic amines) is 1. The molecule has 35 heavy (non-hydrogen) atoms. The van der Waals surface area contributed by atoms with Crippen LogP contribution in [0, 0.1) is 13.8 Å². The lowest BCUT2D eigenvalue weighted by atomic mass is 10.1. The molecule has 3 rings (SSSR count). The van der Waals surface area contributed by atoms with E-state index in [1.807, 2.05) is 13.0 Å². The van der Waals surface area contributed by atoms with Crippen molar-refractivity contribution >= 4 is 39.4 Å². The van der Waals surface area contributed by atoms with Crippen LogP contribution in [0.2, 0.25) is 0 Å². The SMILES string of the molecule is CCN(CCCN1CCCCC1)c1cc(C)nc(Nc2cc(Br)ccc2C)n1.O=C(O)C(F)(F)F. The monoisotopic (exact) mass is 559 g/mol. The van der Waals surface area contributed by atoms with Crippen molar-refractivity contribution in [1.82, 2.24) is 14.9 Å². The Morgan fingerprint density at radius 2 is 1.83 bits per heavy atom. The fraction of sp³-hybridized carbons (Fsp3) is 0.542. The van der Waals surface area contributed by atoms with Gasteiger partial charge in [-0.15, -0.1) is 0 Å². The number of halogens is 4. The third-order valence-corrected chi connectivity index (χ3v) is 6.08. The summed E-state index contributed by atoms with van der Waals surface area (Å²) in [7, 11) is 0. The van der Waals surface area contributed by atoms with Crippen molar-refractivity contribution in [2.45, 2.75) is 52.6 Å². The molecule has 0 atom stereocenters. The highest BCUT2D eigenvalue weighted by Gasteiger charge is 2.38. The van der Waals surface area contributed by atoms with Crippen LogP contribution in [0.5, 0.6) is 0 Å². The molecular weight excluding hydrogens is 527 g/mol. The van der Waals surface area contributed by atoms with Crippen LogP contribution >= 0.6 is 15.9 Å². The van der Waals surface area contributed by atoms with Crippen LogP contribution < -0.4 is 10.2 Å². The lowest BCUT2D eigenvalue weighted by Crippen LogP contribution is -2.33. The molecule has 194 valence electrons. The Bertz CT molecular complexity index is 969. The summed E-state index contributed by atoms with van der Waals surface area (Å²) in [4.78, 5) is 23.3. The molecule has 7 nitrogen and oxygen atoms in total. The summed E-state index contributed by atoms with van der Waals surface area (Å²) in [5.41, 5.74) is 3.18. The second kappa shape index (κ2) is 13.6. The van der Waals surface area contributed by atoms with Gasteiger partial charge in [-0.3, -0.25) is 0 Å². The first-order valence-corrected chi connectivity index (χ1v) is 12.4. The number of aromatic nitrogens is 2. The van der Waals surface area contributed by atoms with Gasteiger partial charge in [-0.2, -0.15) is 18.2 Å². The minimum Gasteiger partial charge on any atom is -0.475 e. The normalized spacial score (nSPS) is 14.1. The molecular formula is C24H33BrF3N5O2. The van der Waals surface area contributed by atoms with E-state index in [9.17, 15) is 13.2 Å². The van der Waals surface area contributed by atoms with Gasteiger partial charge >= 0.3 is 12.1 Å². The fourth-order valence-corrected chi connectivity index (χ4v) is 4.08. The van der Waals surface area contributed by atoms with E-state index in [-0.39, 0.29) is 0 Å². The number of benzene rings is 1. The smallest absolute Gasteiger partial charge is 0.475 e. The first-order valence-electron chi connectivity index (χ1n) is 11.7. The van der Waals surface area contributed by atoms with Crippen LogP contribution in [-0.2, 0) is 4.79 Å². The predicted molar refractivity (Wildman–Crippen MR) is 135 cm³/mol. The Morgan fingerprint density at radius 1 is 1.17 bits per heavy atom. The number of nitrogens with one attached hydrogen (secondary N) is 1. The minimum atomic E-state index is -5.08. The second-order valence-electron chi connectivity index (χ2n) is 8.41.